The minimum Gasteiger partial charge on any atom is -0.282 e. The second kappa shape index (κ2) is 2.68. The zero-order chi connectivity index (χ0) is 7.68. The van der Waals surface area contributed by atoms with E-state index in [1.807, 2.05) is 6.07 Å². The van der Waals surface area contributed by atoms with Gasteiger partial charge < -0.3 is 0 Å². The van der Waals surface area contributed by atoms with Crippen molar-refractivity contribution in [3.8, 4) is 0 Å². The number of hydrogen-bond acceptors (Lipinski definition) is 1. The van der Waals surface area contributed by atoms with E-state index in [4.69, 9.17) is 0 Å². The SMILES string of the molecule is CC(c1c[c]n[nH]1)C1CCC1. The molecule has 1 heterocycles. The van der Waals surface area contributed by atoms with Gasteiger partial charge in [0.1, 0.15) is 6.20 Å². The van der Waals surface area contributed by atoms with Crippen LogP contribution in [0.25, 0.3) is 0 Å². The van der Waals surface area contributed by atoms with Crippen molar-refractivity contribution in [2.45, 2.75) is 32.1 Å². The maximum absolute atomic E-state index is 3.83. The lowest BCUT2D eigenvalue weighted by atomic mass is 9.75. The first-order valence-electron chi connectivity index (χ1n) is 4.29. The predicted octanol–water partition coefficient (Wildman–Crippen LogP) is 2.11. The summed E-state index contributed by atoms with van der Waals surface area (Å²) in [6.07, 6.45) is 7.00. The summed E-state index contributed by atoms with van der Waals surface area (Å²) >= 11 is 0. The Labute approximate surface area is 67.0 Å². The number of H-pyrrole nitrogens is 1. The van der Waals surface area contributed by atoms with Gasteiger partial charge in [0.2, 0.25) is 0 Å². The summed E-state index contributed by atoms with van der Waals surface area (Å²) in [5.41, 5.74) is 1.25. The molecule has 1 aliphatic rings. The highest BCUT2D eigenvalue weighted by Gasteiger charge is 2.25. The van der Waals surface area contributed by atoms with Gasteiger partial charge in [-0.3, -0.25) is 5.10 Å². The molecule has 1 radical (unpaired) electrons. The maximum Gasteiger partial charge on any atom is 0.113 e. The topological polar surface area (TPSA) is 28.7 Å². The standard InChI is InChI=1S/C9H13N2/c1-7(8-3-2-4-8)9-5-6-10-11-9/h5,7-8H,2-4H2,1H3,(H,10,11). The minimum absolute atomic E-state index is 0.655. The Morgan fingerprint density at radius 1 is 1.73 bits per heavy atom. The van der Waals surface area contributed by atoms with Crippen LogP contribution in [0.2, 0.25) is 0 Å². The zero-order valence-electron chi connectivity index (χ0n) is 6.80. The van der Waals surface area contributed by atoms with Crippen LogP contribution in [0.5, 0.6) is 0 Å². The molecule has 1 aromatic heterocycles. The Morgan fingerprint density at radius 2 is 2.55 bits per heavy atom. The molecule has 59 valence electrons. The van der Waals surface area contributed by atoms with Crippen molar-refractivity contribution in [3.63, 3.8) is 0 Å². The Bertz CT molecular complexity index is 211. The normalized spacial score (nSPS) is 21.2. The molecule has 2 heteroatoms. The number of nitrogens with zero attached hydrogens (tertiary/aromatic N) is 1. The second-order valence-corrected chi connectivity index (χ2v) is 3.43. The van der Waals surface area contributed by atoms with Crippen LogP contribution in [0.3, 0.4) is 0 Å². The van der Waals surface area contributed by atoms with Crippen LogP contribution >= 0.6 is 0 Å². The Morgan fingerprint density at radius 3 is 3.00 bits per heavy atom. The molecule has 0 aromatic carbocycles. The van der Waals surface area contributed by atoms with E-state index in [9.17, 15) is 0 Å². The summed E-state index contributed by atoms with van der Waals surface area (Å²) in [5, 5.41) is 6.81. The number of aromatic nitrogens is 2. The largest absolute Gasteiger partial charge is 0.282 e. The molecule has 0 spiro atoms. The first-order chi connectivity index (χ1) is 5.38. The maximum atomic E-state index is 3.83. The summed E-state index contributed by atoms with van der Waals surface area (Å²) in [6.45, 7) is 2.27. The first-order valence-corrected chi connectivity index (χ1v) is 4.29. The summed E-state index contributed by atoms with van der Waals surface area (Å²) < 4.78 is 0. The lowest BCUT2D eigenvalue weighted by Gasteiger charge is -2.30. The quantitative estimate of drug-likeness (QED) is 0.685. The first kappa shape index (κ1) is 6.89. The monoisotopic (exact) mass is 149 g/mol. The van der Waals surface area contributed by atoms with Gasteiger partial charge in [-0.1, -0.05) is 13.3 Å². The molecule has 0 bridgehead atoms. The molecule has 1 saturated carbocycles. The van der Waals surface area contributed by atoms with Crippen LogP contribution in [-0.4, -0.2) is 10.2 Å². The third-order valence-corrected chi connectivity index (χ3v) is 2.82. The molecular weight excluding hydrogens is 136 g/mol. The highest BCUT2D eigenvalue weighted by Crippen LogP contribution is 2.37. The fraction of sp³-hybridized carbons (Fsp3) is 0.667. The summed E-state index contributed by atoms with van der Waals surface area (Å²) in [7, 11) is 0. The minimum atomic E-state index is 0.655. The number of hydrogen-bond donors (Lipinski definition) is 1. The number of nitrogens with one attached hydrogen (secondary N) is 1. The van der Waals surface area contributed by atoms with Gasteiger partial charge in [0, 0.05) is 11.6 Å². The van der Waals surface area contributed by atoms with Crippen molar-refractivity contribution >= 4 is 0 Å². The molecule has 2 rings (SSSR count). The van der Waals surface area contributed by atoms with Gasteiger partial charge in [-0.2, -0.15) is 5.10 Å². The highest BCUT2D eigenvalue weighted by atomic mass is 15.1. The zero-order valence-corrected chi connectivity index (χ0v) is 6.80. The van der Waals surface area contributed by atoms with E-state index in [-0.39, 0.29) is 0 Å². The van der Waals surface area contributed by atoms with Gasteiger partial charge in [-0.15, -0.1) is 0 Å². The van der Waals surface area contributed by atoms with Crippen LogP contribution in [-0.2, 0) is 0 Å². The van der Waals surface area contributed by atoms with Crippen LogP contribution in [0.1, 0.15) is 37.8 Å². The third-order valence-electron chi connectivity index (χ3n) is 2.82. The van der Waals surface area contributed by atoms with Gasteiger partial charge in [-0.05, 0) is 24.8 Å². The van der Waals surface area contributed by atoms with Crippen molar-refractivity contribution in [3.05, 3.63) is 18.0 Å². The van der Waals surface area contributed by atoms with E-state index in [2.05, 4.69) is 23.3 Å². The average Bonchev–Trinajstić information content (AvgIpc) is 2.32. The molecule has 1 N–H and O–H groups in total. The predicted molar refractivity (Wildman–Crippen MR) is 43.2 cm³/mol. The van der Waals surface area contributed by atoms with Crippen molar-refractivity contribution in [2.75, 3.05) is 0 Å². The smallest absolute Gasteiger partial charge is 0.113 e. The van der Waals surface area contributed by atoms with Crippen LogP contribution < -0.4 is 0 Å². The van der Waals surface area contributed by atoms with E-state index in [0.29, 0.717) is 5.92 Å². The molecule has 1 unspecified atom stereocenters. The Kier molecular flexibility index (Phi) is 1.68. The van der Waals surface area contributed by atoms with Crippen LogP contribution in [0.15, 0.2) is 6.07 Å². The lowest BCUT2D eigenvalue weighted by Crippen LogP contribution is -2.18. The van der Waals surface area contributed by atoms with E-state index in [0.717, 1.165) is 5.92 Å². The van der Waals surface area contributed by atoms with Crippen molar-refractivity contribution < 1.29 is 0 Å². The Balaban J connectivity index is 2.04. The van der Waals surface area contributed by atoms with E-state index >= 15 is 0 Å². The molecule has 1 aliphatic carbocycles. The van der Waals surface area contributed by atoms with Crippen LogP contribution in [0, 0.1) is 12.1 Å². The van der Waals surface area contributed by atoms with Crippen LogP contribution in [0.4, 0.5) is 0 Å². The van der Waals surface area contributed by atoms with Gasteiger partial charge >= 0.3 is 0 Å². The lowest BCUT2D eigenvalue weighted by molar-refractivity contribution is 0.269. The molecule has 1 aromatic rings. The van der Waals surface area contributed by atoms with E-state index < -0.39 is 0 Å². The molecule has 0 amide bonds. The molecule has 0 saturated heterocycles. The van der Waals surface area contributed by atoms with Gasteiger partial charge in [-0.25, -0.2) is 0 Å². The molecule has 0 aliphatic heterocycles. The summed E-state index contributed by atoms with van der Waals surface area (Å²) in [5.74, 6) is 1.55. The van der Waals surface area contributed by atoms with Gasteiger partial charge in [0.25, 0.3) is 0 Å². The fourth-order valence-corrected chi connectivity index (χ4v) is 1.66. The second-order valence-electron chi connectivity index (χ2n) is 3.43. The molecule has 11 heavy (non-hydrogen) atoms. The van der Waals surface area contributed by atoms with Crippen molar-refractivity contribution in [1.82, 2.24) is 10.2 Å². The average molecular weight is 149 g/mol. The highest BCUT2D eigenvalue weighted by molar-refractivity contribution is 5.06. The fourth-order valence-electron chi connectivity index (χ4n) is 1.66. The molecule has 2 nitrogen and oxygen atoms in total. The van der Waals surface area contributed by atoms with Crippen molar-refractivity contribution in [2.24, 2.45) is 5.92 Å². The van der Waals surface area contributed by atoms with E-state index in [1.165, 1.54) is 25.0 Å². The molecule has 1 atom stereocenters. The van der Waals surface area contributed by atoms with Crippen molar-refractivity contribution in [1.29, 1.82) is 0 Å². The molecular formula is C9H13N2. The third kappa shape index (κ3) is 1.17. The van der Waals surface area contributed by atoms with Gasteiger partial charge in [0.15, 0.2) is 0 Å². The van der Waals surface area contributed by atoms with Gasteiger partial charge in [0.05, 0.1) is 0 Å². The summed E-state index contributed by atoms with van der Waals surface area (Å²) in [4.78, 5) is 0. The Hall–Kier alpha value is -0.790. The van der Waals surface area contributed by atoms with E-state index in [1.54, 1.807) is 0 Å². The summed E-state index contributed by atoms with van der Waals surface area (Å²) in [6, 6.07) is 1.96. The number of aromatic amines is 1. The molecule has 1 fully saturated rings. The number of rotatable bonds is 2.